The van der Waals surface area contributed by atoms with Gasteiger partial charge in [-0.1, -0.05) is 62.6 Å². The van der Waals surface area contributed by atoms with E-state index < -0.39 is 12.0 Å². The van der Waals surface area contributed by atoms with Crippen molar-refractivity contribution in [3.05, 3.63) is 93.0 Å². The summed E-state index contributed by atoms with van der Waals surface area (Å²) in [5.41, 5.74) is 1.45. The second-order valence-electron chi connectivity index (χ2n) is 7.18. The molecule has 33 heavy (non-hydrogen) atoms. The Morgan fingerprint density at radius 3 is 2.67 bits per heavy atom. The first-order valence-electron chi connectivity index (χ1n) is 9.84. The predicted molar refractivity (Wildman–Crippen MR) is 133 cm³/mol. The number of hydrogen-bond donors (Lipinski definition) is 1. The van der Waals surface area contributed by atoms with Crippen LogP contribution in [-0.4, -0.2) is 22.2 Å². The van der Waals surface area contributed by atoms with Crippen LogP contribution in [0.5, 0.6) is 5.75 Å². The van der Waals surface area contributed by atoms with E-state index in [-0.39, 0.29) is 22.9 Å². The highest BCUT2D eigenvalue weighted by molar-refractivity contribution is 9.10. The molecule has 2 aromatic carbocycles. The van der Waals surface area contributed by atoms with Crippen molar-refractivity contribution in [2.24, 2.45) is 4.99 Å². The maximum Gasteiger partial charge on any atom is 0.338 e. The average molecular weight is 568 g/mol. The predicted octanol–water partition coefficient (Wildman–Crippen LogP) is 4.57. The fourth-order valence-electron chi connectivity index (χ4n) is 3.59. The molecule has 1 atom stereocenters. The van der Waals surface area contributed by atoms with Gasteiger partial charge in [-0.2, -0.15) is 0 Å². The van der Waals surface area contributed by atoms with Gasteiger partial charge in [0.2, 0.25) is 0 Å². The standard InChI is InChI=1S/C23H17BrCl2N2O4S/c1-3-32-22(31)18-11(2)27-23-28(19(18)12-4-6-14(24)7-5-12)21(30)17(33-23)9-13-8-15(25)10-16(26)20(13)29/h4-10,19,29H,3H2,1-2H3/t19-/m0/s1. The van der Waals surface area contributed by atoms with Crippen LogP contribution < -0.4 is 14.9 Å². The van der Waals surface area contributed by atoms with Crippen LogP contribution in [0.1, 0.15) is 31.0 Å². The third-order valence-electron chi connectivity index (χ3n) is 5.05. The molecule has 0 radical (unpaired) electrons. The molecule has 10 heteroatoms. The minimum atomic E-state index is -0.716. The number of thiazole rings is 1. The second kappa shape index (κ2) is 9.46. The van der Waals surface area contributed by atoms with E-state index in [0.29, 0.717) is 31.2 Å². The van der Waals surface area contributed by atoms with Crippen molar-refractivity contribution < 1.29 is 14.6 Å². The average Bonchev–Trinajstić information content (AvgIpc) is 3.06. The fourth-order valence-corrected chi connectivity index (χ4v) is 5.40. The van der Waals surface area contributed by atoms with Crippen molar-refractivity contribution in [2.45, 2.75) is 19.9 Å². The van der Waals surface area contributed by atoms with Gasteiger partial charge in [0.25, 0.3) is 5.56 Å². The number of esters is 1. The maximum absolute atomic E-state index is 13.5. The van der Waals surface area contributed by atoms with Crippen LogP contribution in [0.2, 0.25) is 10.0 Å². The smallest absolute Gasteiger partial charge is 0.338 e. The first-order valence-corrected chi connectivity index (χ1v) is 12.2. The number of fused-ring (bicyclic) bond motifs is 1. The van der Waals surface area contributed by atoms with Gasteiger partial charge in [0.05, 0.1) is 33.5 Å². The molecule has 0 spiro atoms. The molecular formula is C23H17BrCl2N2O4S. The van der Waals surface area contributed by atoms with E-state index in [9.17, 15) is 14.7 Å². The molecule has 4 rings (SSSR count). The Labute approximate surface area is 211 Å². The summed E-state index contributed by atoms with van der Waals surface area (Å²) in [5, 5.41) is 10.7. The van der Waals surface area contributed by atoms with E-state index in [2.05, 4.69) is 20.9 Å². The number of phenolic OH excluding ortho intramolecular Hbond substituents is 1. The molecule has 0 saturated heterocycles. The Morgan fingerprint density at radius 1 is 1.30 bits per heavy atom. The number of carbonyl (C=O) groups excluding carboxylic acids is 1. The minimum absolute atomic E-state index is 0.0784. The number of phenols is 1. The Kier molecular flexibility index (Phi) is 6.81. The van der Waals surface area contributed by atoms with E-state index in [1.807, 2.05) is 24.3 Å². The Hall–Kier alpha value is -2.39. The van der Waals surface area contributed by atoms with Crippen LogP contribution in [0.15, 0.2) is 61.9 Å². The highest BCUT2D eigenvalue weighted by atomic mass is 79.9. The second-order valence-corrected chi connectivity index (χ2v) is 9.95. The van der Waals surface area contributed by atoms with Crippen LogP contribution >= 0.6 is 50.5 Å². The van der Waals surface area contributed by atoms with Crippen LogP contribution in [0.25, 0.3) is 6.08 Å². The lowest BCUT2D eigenvalue weighted by atomic mass is 9.96. The summed E-state index contributed by atoms with van der Waals surface area (Å²) in [7, 11) is 0. The van der Waals surface area contributed by atoms with Crippen molar-refractivity contribution in [1.29, 1.82) is 0 Å². The molecule has 2 heterocycles. The molecule has 0 aliphatic carbocycles. The highest BCUT2D eigenvalue weighted by Gasteiger charge is 2.33. The zero-order valence-corrected chi connectivity index (χ0v) is 21.3. The summed E-state index contributed by atoms with van der Waals surface area (Å²) < 4.78 is 7.93. The summed E-state index contributed by atoms with van der Waals surface area (Å²) in [6.45, 7) is 3.64. The van der Waals surface area contributed by atoms with Crippen molar-refractivity contribution in [3.8, 4) is 5.75 Å². The third kappa shape index (κ3) is 4.53. The molecule has 0 amide bonds. The Balaban J connectivity index is 1.98. The third-order valence-corrected chi connectivity index (χ3v) is 7.06. The van der Waals surface area contributed by atoms with Gasteiger partial charge in [0.15, 0.2) is 4.80 Å². The van der Waals surface area contributed by atoms with Crippen molar-refractivity contribution in [1.82, 2.24) is 4.57 Å². The van der Waals surface area contributed by atoms with Gasteiger partial charge in [-0.15, -0.1) is 0 Å². The van der Waals surface area contributed by atoms with Crippen molar-refractivity contribution in [3.63, 3.8) is 0 Å². The highest BCUT2D eigenvalue weighted by Crippen LogP contribution is 2.33. The minimum Gasteiger partial charge on any atom is -0.506 e. The van der Waals surface area contributed by atoms with Gasteiger partial charge in [0.1, 0.15) is 5.75 Å². The summed E-state index contributed by atoms with van der Waals surface area (Å²) in [5.74, 6) is -0.708. The monoisotopic (exact) mass is 566 g/mol. The number of halogens is 3. The SMILES string of the molecule is CCOC(=O)C1=C(C)N=c2sc(=Cc3cc(Cl)cc(Cl)c3O)c(=O)n2[C@H]1c1ccc(Br)cc1. The van der Waals surface area contributed by atoms with Crippen LogP contribution in [0.3, 0.4) is 0 Å². The molecule has 170 valence electrons. The number of hydrogen-bond acceptors (Lipinski definition) is 6. The summed E-state index contributed by atoms with van der Waals surface area (Å²) in [6, 6.07) is 9.58. The van der Waals surface area contributed by atoms with Gasteiger partial charge < -0.3 is 9.84 Å². The maximum atomic E-state index is 13.5. The number of rotatable bonds is 4. The molecule has 0 saturated carbocycles. The summed E-state index contributed by atoms with van der Waals surface area (Å²) >= 11 is 16.7. The lowest BCUT2D eigenvalue weighted by Crippen LogP contribution is -2.39. The van der Waals surface area contributed by atoms with Gasteiger partial charge in [-0.3, -0.25) is 9.36 Å². The van der Waals surface area contributed by atoms with Crippen LogP contribution in [-0.2, 0) is 9.53 Å². The molecular weight excluding hydrogens is 551 g/mol. The quantitative estimate of drug-likeness (QED) is 0.468. The molecule has 1 aliphatic rings. The lowest BCUT2D eigenvalue weighted by Gasteiger charge is -2.24. The number of allylic oxidation sites excluding steroid dienone is 1. The summed E-state index contributed by atoms with van der Waals surface area (Å²) in [4.78, 5) is 31.3. The van der Waals surface area contributed by atoms with Gasteiger partial charge in [-0.25, -0.2) is 9.79 Å². The molecule has 6 nitrogen and oxygen atoms in total. The Morgan fingerprint density at radius 2 is 2.00 bits per heavy atom. The summed E-state index contributed by atoms with van der Waals surface area (Å²) in [6.07, 6.45) is 1.51. The molecule has 0 fully saturated rings. The van der Waals surface area contributed by atoms with Gasteiger partial charge in [-0.05, 0) is 49.8 Å². The molecule has 0 unspecified atom stereocenters. The van der Waals surface area contributed by atoms with Crippen molar-refractivity contribution >= 4 is 62.5 Å². The largest absolute Gasteiger partial charge is 0.506 e. The zero-order chi connectivity index (χ0) is 23.9. The normalized spacial score (nSPS) is 15.9. The molecule has 1 aliphatic heterocycles. The Bertz CT molecular complexity index is 1480. The molecule has 1 N–H and O–H groups in total. The number of aromatic nitrogens is 1. The number of aromatic hydroxyl groups is 1. The fraction of sp³-hybridized carbons (Fsp3) is 0.174. The van der Waals surface area contributed by atoms with Crippen molar-refractivity contribution in [2.75, 3.05) is 6.61 Å². The number of nitrogens with zero attached hydrogens (tertiary/aromatic N) is 2. The van der Waals surface area contributed by atoms with Crippen LogP contribution in [0.4, 0.5) is 0 Å². The van der Waals surface area contributed by atoms with E-state index >= 15 is 0 Å². The van der Waals surface area contributed by atoms with E-state index in [0.717, 1.165) is 21.4 Å². The molecule has 3 aromatic rings. The van der Waals surface area contributed by atoms with E-state index in [4.69, 9.17) is 27.9 Å². The van der Waals surface area contributed by atoms with Gasteiger partial charge >= 0.3 is 5.97 Å². The first kappa shape index (κ1) is 23.8. The van der Waals surface area contributed by atoms with E-state index in [1.165, 1.54) is 22.8 Å². The van der Waals surface area contributed by atoms with Crippen LogP contribution in [0, 0.1) is 0 Å². The topological polar surface area (TPSA) is 80.9 Å². The number of benzene rings is 2. The number of ether oxygens (including phenoxy) is 1. The molecule has 0 bridgehead atoms. The first-order chi connectivity index (χ1) is 15.7. The van der Waals surface area contributed by atoms with Gasteiger partial charge in [0, 0.05) is 15.1 Å². The van der Waals surface area contributed by atoms with E-state index in [1.54, 1.807) is 13.8 Å². The lowest BCUT2D eigenvalue weighted by molar-refractivity contribution is -0.139. The molecule has 1 aromatic heterocycles. The number of carbonyl (C=O) groups is 1. The zero-order valence-electron chi connectivity index (χ0n) is 17.4.